The minimum absolute atomic E-state index is 0.00429. The number of fused-ring (bicyclic) bond motifs is 3. The van der Waals surface area contributed by atoms with Crippen molar-refractivity contribution < 1.29 is 30.8 Å². The molecule has 0 atom stereocenters. The first-order chi connectivity index (χ1) is 13.6. The highest BCUT2D eigenvalue weighted by atomic mass is 19.4. The van der Waals surface area contributed by atoms with Gasteiger partial charge in [0.1, 0.15) is 17.0 Å². The molecule has 0 spiro atoms. The maximum atomic E-state index is 14.6. The topological polar surface area (TPSA) is 69.1 Å². The number of hydrogen-bond acceptors (Lipinski definition) is 5. The smallest absolute Gasteiger partial charge is 0.422 e. The Bertz CT molecular complexity index is 1240. The summed E-state index contributed by atoms with van der Waals surface area (Å²) in [5.41, 5.74) is -3.79. The number of pyridine rings is 2. The molecule has 1 saturated carbocycles. The number of imidazole rings is 1. The van der Waals surface area contributed by atoms with Crippen LogP contribution in [0.25, 0.3) is 28.3 Å². The SMILES string of the molecule is FC1(c2cc(C(F)(F)C(F)(F)F)c3ccc4nc(-c5nnco5)cn4c3n2)CC1. The molecule has 12 heteroatoms. The monoisotopic (exact) mass is 413 g/mol. The van der Waals surface area contributed by atoms with E-state index in [4.69, 9.17) is 4.42 Å². The average Bonchev–Trinajstić information content (AvgIpc) is 3.09. The van der Waals surface area contributed by atoms with Crippen molar-refractivity contribution in [1.29, 1.82) is 0 Å². The van der Waals surface area contributed by atoms with E-state index in [0.717, 1.165) is 12.5 Å². The lowest BCUT2D eigenvalue weighted by atomic mass is 10.0. The molecule has 1 fully saturated rings. The maximum absolute atomic E-state index is 14.6. The van der Waals surface area contributed by atoms with Gasteiger partial charge in [-0.15, -0.1) is 10.2 Å². The second-order valence-corrected chi connectivity index (χ2v) is 6.76. The molecule has 5 rings (SSSR count). The van der Waals surface area contributed by atoms with Gasteiger partial charge in [0.2, 0.25) is 6.39 Å². The number of hydrogen-bond donors (Lipinski definition) is 0. The standard InChI is InChI=1S/C17H9F6N5O/c18-15(3-4-15)11-5-9(16(19,20)17(21,22)23)8-1-2-12-25-10(14-27-24-7-29-14)6-28(12)13(8)26-11/h1-2,5-7H,3-4H2. The summed E-state index contributed by atoms with van der Waals surface area (Å²) in [6.07, 6.45) is -3.51. The van der Waals surface area contributed by atoms with Crippen molar-refractivity contribution in [3.63, 3.8) is 0 Å². The van der Waals surface area contributed by atoms with Gasteiger partial charge in [-0.25, -0.2) is 14.4 Å². The first-order valence-electron chi connectivity index (χ1n) is 8.34. The maximum Gasteiger partial charge on any atom is 0.458 e. The molecule has 1 aliphatic rings. The summed E-state index contributed by atoms with van der Waals surface area (Å²) in [4.78, 5) is 8.25. The molecule has 4 heterocycles. The van der Waals surface area contributed by atoms with Gasteiger partial charge < -0.3 is 4.42 Å². The number of rotatable bonds is 3. The minimum Gasteiger partial charge on any atom is -0.422 e. The van der Waals surface area contributed by atoms with Crippen molar-refractivity contribution in [3.05, 3.63) is 42.0 Å². The van der Waals surface area contributed by atoms with Gasteiger partial charge >= 0.3 is 12.1 Å². The molecular weight excluding hydrogens is 404 g/mol. The summed E-state index contributed by atoms with van der Waals surface area (Å²) in [7, 11) is 0. The van der Waals surface area contributed by atoms with Gasteiger partial charge in [-0.05, 0) is 31.0 Å². The lowest BCUT2D eigenvalue weighted by Gasteiger charge is -2.22. The molecule has 0 unspecified atom stereocenters. The molecule has 6 nitrogen and oxygen atoms in total. The van der Waals surface area contributed by atoms with Crippen molar-refractivity contribution in [3.8, 4) is 11.6 Å². The third kappa shape index (κ3) is 2.58. The van der Waals surface area contributed by atoms with Gasteiger partial charge in [-0.3, -0.25) is 4.40 Å². The van der Waals surface area contributed by atoms with Crippen LogP contribution in [0.1, 0.15) is 24.1 Å². The molecule has 150 valence electrons. The van der Waals surface area contributed by atoms with E-state index in [9.17, 15) is 26.3 Å². The number of nitrogens with zero attached hydrogens (tertiary/aromatic N) is 5. The van der Waals surface area contributed by atoms with Crippen LogP contribution in [0.5, 0.6) is 0 Å². The van der Waals surface area contributed by atoms with Crippen molar-refractivity contribution in [2.75, 3.05) is 0 Å². The molecule has 0 aromatic carbocycles. The predicted molar refractivity (Wildman–Crippen MR) is 85.8 cm³/mol. The van der Waals surface area contributed by atoms with Crippen molar-refractivity contribution in [1.82, 2.24) is 24.6 Å². The van der Waals surface area contributed by atoms with E-state index in [-0.39, 0.29) is 35.7 Å². The van der Waals surface area contributed by atoms with Gasteiger partial charge in [0, 0.05) is 17.1 Å². The van der Waals surface area contributed by atoms with Crippen LogP contribution < -0.4 is 0 Å². The fourth-order valence-corrected chi connectivity index (χ4v) is 3.12. The van der Waals surface area contributed by atoms with Gasteiger partial charge in [-0.1, -0.05) is 0 Å². The molecule has 0 radical (unpaired) electrons. The van der Waals surface area contributed by atoms with E-state index in [2.05, 4.69) is 20.2 Å². The molecule has 0 saturated heterocycles. The predicted octanol–water partition coefficient (Wildman–Crippen LogP) is 4.55. The molecular formula is C17H9F6N5O. The fourth-order valence-electron chi connectivity index (χ4n) is 3.12. The largest absolute Gasteiger partial charge is 0.458 e. The molecule has 0 aliphatic heterocycles. The van der Waals surface area contributed by atoms with E-state index in [0.29, 0.717) is 6.07 Å². The first-order valence-corrected chi connectivity index (χ1v) is 8.34. The van der Waals surface area contributed by atoms with E-state index in [1.165, 1.54) is 16.7 Å². The fraction of sp³-hybridized carbons (Fsp3) is 0.294. The van der Waals surface area contributed by atoms with Crippen LogP contribution in [0.15, 0.2) is 35.2 Å². The Morgan fingerprint density at radius 3 is 2.45 bits per heavy atom. The van der Waals surface area contributed by atoms with E-state index in [1.54, 1.807) is 0 Å². The Morgan fingerprint density at radius 2 is 1.83 bits per heavy atom. The second kappa shape index (κ2) is 5.45. The van der Waals surface area contributed by atoms with Crippen molar-refractivity contribution in [2.24, 2.45) is 0 Å². The number of alkyl halides is 6. The highest BCUT2D eigenvalue weighted by Gasteiger charge is 2.60. The van der Waals surface area contributed by atoms with Crippen molar-refractivity contribution in [2.45, 2.75) is 30.6 Å². The highest BCUT2D eigenvalue weighted by Crippen LogP contribution is 2.52. The summed E-state index contributed by atoms with van der Waals surface area (Å²) >= 11 is 0. The molecule has 1 aliphatic carbocycles. The average molecular weight is 413 g/mol. The lowest BCUT2D eigenvalue weighted by molar-refractivity contribution is -0.288. The van der Waals surface area contributed by atoms with E-state index >= 15 is 0 Å². The van der Waals surface area contributed by atoms with Crippen LogP contribution in [0.3, 0.4) is 0 Å². The number of halogens is 6. The molecule has 0 N–H and O–H groups in total. The van der Waals surface area contributed by atoms with E-state index in [1.807, 2.05) is 0 Å². The zero-order valence-electron chi connectivity index (χ0n) is 14.2. The first kappa shape index (κ1) is 17.9. The Labute approximate surface area is 157 Å². The zero-order chi connectivity index (χ0) is 20.6. The Morgan fingerprint density at radius 1 is 1.07 bits per heavy atom. The van der Waals surface area contributed by atoms with Gasteiger partial charge in [0.05, 0.1) is 5.69 Å². The van der Waals surface area contributed by atoms with Crippen LogP contribution in [0.2, 0.25) is 0 Å². The van der Waals surface area contributed by atoms with Crippen LogP contribution in [0.4, 0.5) is 26.3 Å². The Balaban J connectivity index is 1.84. The third-order valence-corrected chi connectivity index (χ3v) is 4.82. The normalized spacial score (nSPS) is 16.6. The third-order valence-electron chi connectivity index (χ3n) is 4.82. The van der Waals surface area contributed by atoms with Crippen LogP contribution in [-0.4, -0.2) is 30.7 Å². The summed E-state index contributed by atoms with van der Waals surface area (Å²) in [5, 5.41) is 6.71. The summed E-state index contributed by atoms with van der Waals surface area (Å²) in [5.74, 6) is -5.18. The second-order valence-electron chi connectivity index (χ2n) is 6.76. The Kier molecular flexibility index (Phi) is 3.36. The highest BCUT2D eigenvalue weighted by molar-refractivity contribution is 5.84. The Hall–Kier alpha value is -3.18. The summed E-state index contributed by atoms with van der Waals surface area (Å²) in [6, 6.07) is 2.81. The summed E-state index contributed by atoms with van der Waals surface area (Å²) < 4.78 is 88.6. The zero-order valence-corrected chi connectivity index (χ0v) is 14.2. The molecule has 0 bridgehead atoms. The van der Waals surface area contributed by atoms with Gasteiger partial charge in [0.25, 0.3) is 5.89 Å². The van der Waals surface area contributed by atoms with Gasteiger partial charge in [0.15, 0.2) is 5.67 Å². The quantitative estimate of drug-likeness (QED) is 0.461. The van der Waals surface area contributed by atoms with Crippen LogP contribution >= 0.6 is 0 Å². The lowest BCUT2D eigenvalue weighted by Crippen LogP contribution is -2.34. The van der Waals surface area contributed by atoms with E-state index < -0.39 is 34.4 Å². The number of aromatic nitrogens is 5. The molecule has 4 aromatic rings. The van der Waals surface area contributed by atoms with Crippen molar-refractivity contribution >= 4 is 16.7 Å². The molecule has 0 amide bonds. The van der Waals surface area contributed by atoms with Crippen LogP contribution in [0, 0.1) is 0 Å². The van der Waals surface area contributed by atoms with Gasteiger partial charge in [-0.2, -0.15) is 22.0 Å². The molecule has 4 aromatic heterocycles. The summed E-state index contributed by atoms with van der Waals surface area (Å²) in [6.45, 7) is 0. The van der Waals surface area contributed by atoms with Crippen LogP contribution in [-0.2, 0) is 11.6 Å². The minimum atomic E-state index is -5.86. The molecule has 29 heavy (non-hydrogen) atoms.